The first-order valence-corrected chi connectivity index (χ1v) is 15.2. The van der Waals surface area contributed by atoms with Crippen molar-refractivity contribution in [3.8, 4) is 0 Å². The molecule has 0 spiro atoms. The number of benzene rings is 2. The number of nitrogens with one attached hydrogen (secondary N) is 4. The van der Waals surface area contributed by atoms with Crippen LogP contribution >= 0.6 is 11.8 Å². The Hall–Kier alpha value is -3.62. The third-order valence-electron chi connectivity index (χ3n) is 6.22. The fourth-order valence-corrected chi connectivity index (χ4v) is 7.51. The third kappa shape index (κ3) is 8.44. The van der Waals surface area contributed by atoms with Crippen LogP contribution in [0.1, 0.15) is 31.7 Å². The predicted molar refractivity (Wildman–Crippen MR) is 153 cm³/mol. The summed E-state index contributed by atoms with van der Waals surface area (Å²) in [6.45, 7) is 2.21. The number of aliphatic carboxylic acids is 1. The molecule has 0 bridgehead atoms. The minimum atomic E-state index is -3.97. The van der Waals surface area contributed by atoms with Gasteiger partial charge in [0.2, 0.25) is 21.8 Å². The SMILES string of the molecule is CC1SC[C@@H](C(=O)N[C@@H](Cc2ccc(NC(=O)CCCCNC(=N)N)cc2)C(=O)O)N1S(=O)(=O)c1ccccc1. The van der Waals surface area contributed by atoms with Gasteiger partial charge in [0, 0.05) is 30.8 Å². The van der Waals surface area contributed by atoms with E-state index in [-0.39, 0.29) is 28.9 Å². The molecule has 0 saturated carbocycles. The molecule has 40 heavy (non-hydrogen) atoms. The Balaban J connectivity index is 1.59. The molecule has 216 valence electrons. The van der Waals surface area contributed by atoms with Crippen LogP contribution in [0.25, 0.3) is 0 Å². The fraction of sp³-hybridized carbons (Fsp3) is 0.385. The number of carboxylic acids is 1. The number of carbonyl (C=O) groups is 3. The van der Waals surface area contributed by atoms with Gasteiger partial charge in [-0.1, -0.05) is 30.3 Å². The van der Waals surface area contributed by atoms with E-state index in [0.717, 1.165) is 4.31 Å². The molecule has 1 saturated heterocycles. The van der Waals surface area contributed by atoms with E-state index in [1.807, 2.05) is 0 Å². The van der Waals surface area contributed by atoms with Crippen LogP contribution in [0.5, 0.6) is 0 Å². The van der Waals surface area contributed by atoms with Gasteiger partial charge in [0.15, 0.2) is 5.96 Å². The highest BCUT2D eigenvalue weighted by atomic mass is 32.2. The number of carboxylic acid groups (broad SMARTS) is 1. The first kappa shape index (κ1) is 30.9. The van der Waals surface area contributed by atoms with Crippen LogP contribution in [0.2, 0.25) is 0 Å². The largest absolute Gasteiger partial charge is 0.480 e. The number of rotatable bonds is 13. The van der Waals surface area contributed by atoms with Crippen LogP contribution < -0.4 is 21.7 Å². The lowest BCUT2D eigenvalue weighted by molar-refractivity contribution is -0.142. The molecule has 0 aromatic heterocycles. The van der Waals surface area contributed by atoms with Gasteiger partial charge in [-0.05, 0) is 49.6 Å². The van der Waals surface area contributed by atoms with Crippen LogP contribution in [0, 0.1) is 5.41 Å². The van der Waals surface area contributed by atoms with Crippen LogP contribution in [-0.2, 0) is 30.8 Å². The monoisotopic (exact) mass is 590 g/mol. The zero-order valence-electron chi connectivity index (χ0n) is 22.0. The summed E-state index contributed by atoms with van der Waals surface area (Å²) in [7, 11) is -3.97. The van der Waals surface area contributed by atoms with Crippen molar-refractivity contribution in [3.05, 3.63) is 60.2 Å². The molecular weight excluding hydrogens is 556 g/mol. The Kier molecular flexibility index (Phi) is 10.9. The van der Waals surface area contributed by atoms with E-state index in [1.54, 1.807) is 49.4 Å². The lowest BCUT2D eigenvalue weighted by atomic mass is 10.0. The van der Waals surface area contributed by atoms with Crippen molar-refractivity contribution in [2.45, 2.75) is 55.0 Å². The molecule has 0 radical (unpaired) electrons. The van der Waals surface area contributed by atoms with Crippen molar-refractivity contribution in [1.82, 2.24) is 14.9 Å². The Bertz CT molecular complexity index is 1310. The Morgan fingerprint density at radius 3 is 2.42 bits per heavy atom. The van der Waals surface area contributed by atoms with E-state index in [4.69, 9.17) is 11.1 Å². The van der Waals surface area contributed by atoms with Crippen molar-refractivity contribution in [2.24, 2.45) is 5.73 Å². The fourth-order valence-electron chi connectivity index (χ4n) is 4.18. The lowest BCUT2D eigenvalue weighted by Crippen LogP contribution is -2.53. The number of anilines is 1. The molecule has 1 heterocycles. The van der Waals surface area contributed by atoms with E-state index < -0.39 is 39.4 Å². The first-order chi connectivity index (χ1) is 19.0. The summed E-state index contributed by atoms with van der Waals surface area (Å²) in [5.74, 6) is -2.01. The van der Waals surface area contributed by atoms with Gasteiger partial charge in [0.25, 0.3) is 0 Å². The number of sulfonamides is 1. The molecule has 2 amide bonds. The van der Waals surface area contributed by atoms with Crippen molar-refractivity contribution in [1.29, 1.82) is 5.41 Å². The molecule has 7 N–H and O–H groups in total. The molecule has 1 aliphatic rings. The summed E-state index contributed by atoms with van der Waals surface area (Å²) >= 11 is 1.30. The highest BCUT2D eigenvalue weighted by molar-refractivity contribution is 8.01. The van der Waals surface area contributed by atoms with Gasteiger partial charge in [-0.3, -0.25) is 15.0 Å². The topological polar surface area (TPSA) is 195 Å². The molecule has 2 aromatic rings. The Morgan fingerprint density at radius 1 is 1.12 bits per heavy atom. The molecule has 12 nitrogen and oxygen atoms in total. The number of guanidine groups is 1. The van der Waals surface area contributed by atoms with Gasteiger partial charge in [0.1, 0.15) is 12.1 Å². The van der Waals surface area contributed by atoms with Crippen LogP contribution in [-0.4, -0.2) is 71.3 Å². The number of thioether (sulfide) groups is 1. The highest BCUT2D eigenvalue weighted by Crippen LogP contribution is 2.34. The van der Waals surface area contributed by atoms with E-state index in [1.165, 1.54) is 23.9 Å². The van der Waals surface area contributed by atoms with E-state index >= 15 is 0 Å². The van der Waals surface area contributed by atoms with Crippen LogP contribution in [0.4, 0.5) is 5.69 Å². The molecule has 3 rings (SSSR count). The second-order valence-corrected chi connectivity index (χ2v) is 12.4. The summed E-state index contributed by atoms with van der Waals surface area (Å²) in [5, 5.41) is 24.3. The average molecular weight is 591 g/mol. The van der Waals surface area contributed by atoms with Gasteiger partial charge in [0.05, 0.1) is 10.3 Å². The molecule has 1 aliphatic heterocycles. The quantitative estimate of drug-likeness (QED) is 0.114. The minimum absolute atomic E-state index is 0.0285. The maximum atomic E-state index is 13.3. The van der Waals surface area contributed by atoms with Crippen molar-refractivity contribution >= 4 is 51.2 Å². The molecule has 1 unspecified atom stereocenters. The maximum Gasteiger partial charge on any atom is 0.326 e. The zero-order chi connectivity index (χ0) is 29.3. The van der Waals surface area contributed by atoms with E-state index in [9.17, 15) is 27.9 Å². The summed E-state index contributed by atoms with van der Waals surface area (Å²) in [6.07, 6.45) is 1.57. The number of hydrogen-bond acceptors (Lipinski definition) is 7. The maximum absolute atomic E-state index is 13.3. The summed E-state index contributed by atoms with van der Waals surface area (Å²) in [5.41, 5.74) is 6.37. The number of nitrogens with zero attached hydrogens (tertiary/aromatic N) is 1. The molecule has 0 aliphatic carbocycles. The standard InChI is InChI=1S/C26H34N6O6S2/c1-17-32(40(37,38)20-7-3-2-4-8-20)22(16-39-17)24(34)31-21(25(35)36)15-18-10-12-19(13-11-18)30-23(33)9-5-6-14-29-26(27)28/h2-4,7-8,10-13,17,21-22H,5-6,9,14-16H2,1H3,(H,30,33)(H,31,34)(H,35,36)(H4,27,28,29)/t17?,21-,22-/m0/s1. The zero-order valence-corrected chi connectivity index (χ0v) is 23.6. The van der Waals surface area contributed by atoms with E-state index in [2.05, 4.69) is 16.0 Å². The smallest absolute Gasteiger partial charge is 0.326 e. The van der Waals surface area contributed by atoms with Crippen molar-refractivity contribution in [2.75, 3.05) is 17.6 Å². The number of amides is 2. The van der Waals surface area contributed by atoms with E-state index in [0.29, 0.717) is 37.1 Å². The van der Waals surface area contributed by atoms with Crippen molar-refractivity contribution in [3.63, 3.8) is 0 Å². The van der Waals surface area contributed by atoms with Gasteiger partial charge in [-0.25, -0.2) is 13.2 Å². The first-order valence-electron chi connectivity index (χ1n) is 12.7. The molecule has 1 fully saturated rings. The van der Waals surface area contributed by atoms with Crippen molar-refractivity contribution < 1.29 is 27.9 Å². The molecule has 14 heteroatoms. The Labute approximate surface area is 237 Å². The van der Waals surface area contributed by atoms with Gasteiger partial charge in [-0.15, -0.1) is 11.8 Å². The summed E-state index contributed by atoms with van der Waals surface area (Å²) < 4.78 is 27.7. The number of nitrogens with two attached hydrogens (primary N) is 1. The van der Waals surface area contributed by atoms with Crippen LogP contribution in [0.15, 0.2) is 59.5 Å². The number of hydrogen-bond donors (Lipinski definition) is 6. The van der Waals surface area contributed by atoms with Crippen LogP contribution in [0.3, 0.4) is 0 Å². The normalized spacial score (nSPS) is 18.0. The molecule has 3 atom stereocenters. The summed E-state index contributed by atoms with van der Waals surface area (Å²) in [4.78, 5) is 37.4. The number of carbonyl (C=O) groups excluding carboxylic acids is 2. The lowest BCUT2D eigenvalue weighted by Gasteiger charge is -2.27. The second kappa shape index (κ2) is 14.1. The number of unbranched alkanes of at least 4 members (excludes halogenated alkanes) is 1. The highest BCUT2D eigenvalue weighted by Gasteiger charge is 2.45. The second-order valence-electron chi connectivity index (χ2n) is 9.24. The minimum Gasteiger partial charge on any atom is -0.480 e. The third-order valence-corrected chi connectivity index (χ3v) is 9.57. The predicted octanol–water partition coefficient (Wildman–Crippen LogP) is 1.54. The van der Waals surface area contributed by atoms with Gasteiger partial charge < -0.3 is 26.8 Å². The van der Waals surface area contributed by atoms with Gasteiger partial charge in [-0.2, -0.15) is 4.31 Å². The average Bonchev–Trinajstić information content (AvgIpc) is 3.31. The molecular formula is C26H34N6O6S2. The van der Waals surface area contributed by atoms with Gasteiger partial charge >= 0.3 is 5.97 Å². The Morgan fingerprint density at radius 2 is 1.80 bits per heavy atom. The molecule has 2 aromatic carbocycles. The summed E-state index contributed by atoms with van der Waals surface area (Å²) in [6, 6.07) is 12.1.